The summed E-state index contributed by atoms with van der Waals surface area (Å²) < 4.78 is 10.7. The Bertz CT molecular complexity index is 2300. The Balaban J connectivity index is 0.00000432. The largest absolute Gasteiger partial charge is 2.00 e. The van der Waals surface area contributed by atoms with Crippen molar-refractivity contribution in [3.8, 4) is 34.1 Å². The van der Waals surface area contributed by atoms with Gasteiger partial charge in [0.1, 0.15) is 5.82 Å². The number of aromatic nitrogens is 4. The molecular formula is C44H44N4OPt. The van der Waals surface area contributed by atoms with E-state index in [-0.39, 0.29) is 31.9 Å². The van der Waals surface area contributed by atoms with E-state index in [0.717, 1.165) is 63.3 Å². The van der Waals surface area contributed by atoms with E-state index in [0.29, 0.717) is 11.5 Å². The fourth-order valence-corrected chi connectivity index (χ4v) is 6.93. The van der Waals surface area contributed by atoms with Gasteiger partial charge in [-0.3, -0.25) is 4.68 Å². The Labute approximate surface area is 310 Å². The first-order valence-corrected chi connectivity index (χ1v) is 17.1. The van der Waals surface area contributed by atoms with Crippen LogP contribution in [0, 0.1) is 36.8 Å². The fraction of sp³-hybridized carbons (Fsp3) is 0.273. The van der Waals surface area contributed by atoms with E-state index in [9.17, 15) is 0 Å². The van der Waals surface area contributed by atoms with Crippen molar-refractivity contribution in [2.45, 2.75) is 68.2 Å². The molecule has 3 heterocycles. The minimum Gasteiger partial charge on any atom is -0.509 e. The monoisotopic (exact) mass is 839 g/mol. The van der Waals surface area contributed by atoms with Gasteiger partial charge < -0.3 is 9.30 Å². The van der Waals surface area contributed by atoms with Crippen molar-refractivity contribution in [1.29, 1.82) is 0 Å². The molecule has 0 amide bonds. The van der Waals surface area contributed by atoms with Crippen molar-refractivity contribution in [3.63, 3.8) is 0 Å². The van der Waals surface area contributed by atoms with Gasteiger partial charge in [0.2, 0.25) is 0 Å². The van der Waals surface area contributed by atoms with E-state index >= 15 is 0 Å². The van der Waals surface area contributed by atoms with Crippen molar-refractivity contribution in [2.24, 2.45) is 10.8 Å². The molecule has 7 aromatic rings. The Hall–Kier alpha value is -4.47. The maximum absolute atomic E-state index is 6.49. The summed E-state index contributed by atoms with van der Waals surface area (Å²) in [5, 5.41) is 7.20. The Morgan fingerprint density at radius 2 is 1.40 bits per heavy atom. The molecule has 0 saturated heterocycles. The molecule has 0 spiro atoms. The van der Waals surface area contributed by atoms with Crippen LogP contribution in [0.25, 0.3) is 44.4 Å². The van der Waals surface area contributed by atoms with Crippen LogP contribution in [0.2, 0.25) is 0 Å². The number of nitrogens with zero attached hydrogens (tertiary/aromatic N) is 4. The minimum atomic E-state index is 0. The average molecular weight is 840 g/mol. The fourth-order valence-electron chi connectivity index (χ4n) is 6.93. The first kappa shape index (κ1) is 35.4. The van der Waals surface area contributed by atoms with Gasteiger partial charge in [-0.2, -0.15) is 17.2 Å². The molecule has 0 atom stereocenters. The summed E-state index contributed by atoms with van der Waals surface area (Å²) in [5.74, 6) is 2.09. The third-order valence-corrected chi connectivity index (χ3v) is 8.78. The molecule has 0 N–H and O–H groups in total. The first-order chi connectivity index (χ1) is 23.3. The molecule has 5 nitrogen and oxygen atoms in total. The summed E-state index contributed by atoms with van der Waals surface area (Å²) in [6, 6.07) is 38.7. The van der Waals surface area contributed by atoms with Crippen molar-refractivity contribution >= 4 is 21.8 Å². The molecule has 6 heteroatoms. The van der Waals surface area contributed by atoms with Crippen molar-refractivity contribution in [1.82, 2.24) is 19.3 Å². The van der Waals surface area contributed by atoms with E-state index in [4.69, 9.17) is 14.8 Å². The van der Waals surface area contributed by atoms with Crippen LogP contribution in [-0.4, -0.2) is 19.3 Å². The number of hydrogen-bond acceptors (Lipinski definition) is 3. The predicted molar refractivity (Wildman–Crippen MR) is 201 cm³/mol. The third-order valence-electron chi connectivity index (χ3n) is 8.78. The van der Waals surface area contributed by atoms with Crippen molar-refractivity contribution in [3.05, 3.63) is 132 Å². The third kappa shape index (κ3) is 7.35. The molecule has 0 fully saturated rings. The number of pyridine rings is 1. The topological polar surface area (TPSA) is 44.9 Å². The van der Waals surface area contributed by atoms with E-state index in [1.54, 1.807) is 0 Å². The number of ether oxygens (including phenoxy) is 1. The van der Waals surface area contributed by atoms with Gasteiger partial charge in [-0.15, -0.1) is 35.7 Å². The SMILES string of the molecule is Cc1nn(-c2[c-]c(Oc3[c-]c4c(cc3)c3cc(CC(C)(C)C)ccc3n4-c3cc(CC(C)(C)C)ccn3)ccc2)c(C)c1-c1ccccc1.[Pt+2]. The van der Waals surface area contributed by atoms with Crippen LogP contribution in [0.4, 0.5) is 0 Å². The summed E-state index contributed by atoms with van der Waals surface area (Å²) in [6.07, 6.45) is 3.88. The second-order valence-electron chi connectivity index (χ2n) is 15.6. The molecule has 7 rings (SSSR count). The second-order valence-corrected chi connectivity index (χ2v) is 15.6. The molecular weight excluding hydrogens is 796 g/mol. The molecule has 3 aromatic heterocycles. The number of benzene rings is 4. The number of hydrogen-bond donors (Lipinski definition) is 0. The molecule has 0 radical (unpaired) electrons. The van der Waals surface area contributed by atoms with Gasteiger partial charge >= 0.3 is 21.1 Å². The molecule has 0 aliphatic rings. The van der Waals surface area contributed by atoms with Crippen LogP contribution in [-0.2, 0) is 33.9 Å². The van der Waals surface area contributed by atoms with Gasteiger partial charge in [-0.05, 0) is 83.5 Å². The van der Waals surface area contributed by atoms with Crippen LogP contribution in [0.3, 0.4) is 0 Å². The van der Waals surface area contributed by atoms with E-state index < -0.39 is 0 Å². The van der Waals surface area contributed by atoms with Crippen LogP contribution in [0.1, 0.15) is 64.1 Å². The normalized spacial score (nSPS) is 12.0. The van der Waals surface area contributed by atoms with E-state index in [1.807, 2.05) is 41.2 Å². The quantitative estimate of drug-likeness (QED) is 0.150. The first-order valence-electron chi connectivity index (χ1n) is 17.1. The average Bonchev–Trinajstić information content (AvgIpc) is 3.52. The van der Waals surface area contributed by atoms with E-state index in [2.05, 4.69) is 133 Å². The van der Waals surface area contributed by atoms with Crippen LogP contribution in [0.15, 0.2) is 97.2 Å². The maximum atomic E-state index is 6.49. The zero-order valence-electron chi connectivity index (χ0n) is 30.2. The van der Waals surface area contributed by atoms with Gasteiger partial charge in [0, 0.05) is 34.5 Å². The molecule has 50 heavy (non-hydrogen) atoms. The van der Waals surface area contributed by atoms with Gasteiger partial charge in [-0.1, -0.05) is 89.5 Å². The van der Waals surface area contributed by atoms with Gasteiger partial charge in [0.25, 0.3) is 0 Å². The summed E-state index contributed by atoms with van der Waals surface area (Å²) in [5.41, 5.74) is 10.1. The molecule has 0 saturated carbocycles. The van der Waals surface area contributed by atoms with Gasteiger partial charge in [-0.25, -0.2) is 4.98 Å². The Kier molecular flexibility index (Phi) is 9.67. The number of aryl methyl sites for hydroxylation is 1. The molecule has 0 aliphatic carbocycles. The van der Waals surface area contributed by atoms with E-state index in [1.165, 1.54) is 16.5 Å². The summed E-state index contributed by atoms with van der Waals surface area (Å²) in [7, 11) is 0. The molecule has 0 bridgehead atoms. The maximum Gasteiger partial charge on any atom is 2.00 e. The zero-order valence-corrected chi connectivity index (χ0v) is 32.4. The van der Waals surface area contributed by atoms with Crippen molar-refractivity contribution < 1.29 is 25.8 Å². The Morgan fingerprint density at radius 3 is 2.12 bits per heavy atom. The standard InChI is InChI=1S/C44H44N4O.Pt/c1-29-42(33-13-10-9-11-14-33)30(2)48(46-29)34-15-12-16-35(25-34)49-36-18-19-37-38-23-31(27-43(3,4)5)17-20-39(38)47(40(37)26-36)41-24-32(21-22-45-41)28-44(6,7)8;/h9-24H,27-28H2,1-8H3;/q-2;+2. The zero-order chi connectivity index (χ0) is 34.5. The second kappa shape index (κ2) is 13.7. The van der Waals surface area contributed by atoms with Gasteiger partial charge in [0.05, 0.1) is 5.69 Å². The molecule has 256 valence electrons. The molecule has 0 aliphatic heterocycles. The molecule has 4 aromatic carbocycles. The summed E-state index contributed by atoms with van der Waals surface area (Å²) in [4.78, 5) is 4.88. The minimum absolute atomic E-state index is 0. The van der Waals surface area contributed by atoms with Crippen LogP contribution >= 0.6 is 0 Å². The van der Waals surface area contributed by atoms with Gasteiger partial charge in [0.15, 0.2) is 0 Å². The smallest absolute Gasteiger partial charge is 0.509 e. The van der Waals surface area contributed by atoms with Crippen LogP contribution in [0.5, 0.6) is 11.5 Å². The van der Waals surface area contributed by atoms with Crippen molar-refractivity contribution in [2.75, 3.05) is 0 Å². The summed E-state index contributed by atoms with van der Waals surface area (Å²) >= 11 is 0. The predicted octanol–water partition coefficient (Wildman–Crippen LogP) is 11.2. The Morgan fingerprint density at radius 1 is 0.700 bits per heavy atom. The number of rotatable bonds is 7. The number of fused-ring (bicyclic) bond motifs is 3. The molecule has 0 unspecified atom stereocenters. The summed E-state index contributed by atoms with van der Waals surface area (Å²) in [6.45, 7) is 17.8. The van der Waals surface area contributed by atoms with Crippen LogP contribution < -0.4 is 4.74 Å².